The minimum atomic E-state index is -3.70. The molecule has 3 rings (SSSR count). The number of carbonyl (C=O) groups excluding carboxylic acids is 1. The molecule has 138 valence electrons. The highest BCUT2D eigenvalue weighted by Crippen LogP contribution is 2.18. The summed E-state index contributed by atoms with van der Waals surface area (Å²) in [5, 5.41) is 2.92. The van der Waals surface area contributed by atoms with Gasteiger partial charge in [0.05, 0.1) is 10.9 Å². The van der Waals surface area contributed by atoms with E-state index in [1.54, 1.807) is 36.4 Å². The summed E-state index contributed by atoms with van der Waals surface area (Å²) in [6.07, 6.45) is 0. The van der Waals surface area contributed by atoms with Gasteiger partial charge in [0.25, 0.3) is 15.9 Å². The van der Waals surface area contributed by atoms with E-state index in [0.29, 0.717) is 11.3 Å². The van der Waals surface area contributed by atoms with E-state index in [1.807, 2.05) is 37.3 Å². The Morgan fingerprint density at radius 1 is 0.852 bits per heavy atom. The lowest BCUT2D eigenvalue weighted by molar-refractivity contribution is 0.0940. The Kier molecular flexibility index (Phi) is 5.57. The summed E-state index contributed by atoms with van der Waals surface area (Å²) in [4.78, 5) is 12.7. The molecular weight excluding hydrogens is 360 g/mol. The quantitative estimate of drug-likeness (QED) is 0.679. The van der Waals surface area contributed by atoms with Gasteiger partial charge in [0.15, 0.2) is 0 Å². The first-order valence-corrected chi connectivity index (χ1v) is 9.98. The average molecular weight is 380 g/mol. The summed E-state index contributed by atoms with van der Waals surface area (Å²) in [5.74, 6) is -0.271. The van der Waals surface area contributed by atoms with Crippen LogP contribution in [0.15, 0.2) is 89.8 Å². The Bertz CT molecular complexity index is 1020. The van der Waals surface area contributed by atoms with Crippen molar-refractivity contribution >= 4 is 21.6 Å². The maximum atomic E-state index is 12.5. The van der Waals surface area contributed by atoms with Gasteiger partial charge in [0.1, 0.15) is 0 Å². The molecule has 3 aromatic rings. The van der Waals surface area contributed by atoms with E-state index in [4.69, 9.17) is 0 Å². The molecule has 27 heavy (non-hydrogen) atoms. The van der Waals surface area contributed by atoms with E-state index in [9.17, 15) is 13.2 Å². The van der Waals surface area contributed by atoms with Crippen LogP contribution in [0.4, 0.5) is 5.69 Å². The van der Waals surface area contributed by atoms with Gasteiger partial charge in [0, 0.05) is 11.3 Å². The summed E-state index contributed by atoms with van der Waals surface area (Å²) in [7, 11) is -3.70. The van der Waals surface area contributed by atoms with Gasteiger partial charge in [-0.3, -0.25) is 9.52 Å². The van der Waals surface area contributed by atoms with Crippen LogP contribution in [0, 0.1) is 0 Å². The monoisotopic (exact) mass is 380 g/mol. The van der Waals surface area contributed by atoms with Gasteiger partial charge in [-0.15, -0.1) is 0 Å². The highest BCUT2D eigenvalue weighted by atomic mass is 32.2. The second kappa shape index (κ2) is 8.05. The fourth-order valence-electron chi connectivity index (χ4n) is 2.64. The van der Waals surface area contributed by atoms with Crippen molar-refractivity contribution in [3.05, 3.63) is 96.1 Å². The molecule has 1 atom stereocenters. The Morgan fingerprint density at radius 3 is 2.15 bits per heavy atom. The fraction of sp³-hybridized carbons (Fsp3) is 0.0952. The van der Waals surface area contributed by atoms with Crippen LogP contribution in [-0.2, 0) is 10.0 Å². The van der Waals surface area contributed by atoms with Crippen molar-refractivity contribution in [2.45, 2.75) is 17.9 Å². The minimum absolute atomic E-state index is 0.164. The van der Waals surface area contributed by atoms with Crippen LogP contribution in [0.1, 0.15) is 28.9 Å². The van der Waals surface area contributed by atoms with Gasteiger partial charge < -0.3 is 5.32 Å². The number of carbonyl (C=O) groups is 1. The molecule has 1 amide bonds. The van der Waals surface area contributed by atoms with E-state index in [-0.39, 0.29) is 16.8 Å². The third kappa shape index (κ3) is 4.74. The SMILES string of the molecule is CC(NC(=O)c1cccc(NS(=O)(=O)c2ccccc2)c1)c1ccccc1. The van der Waals surface area contributed by atoms with Crippen LogP contribution < -0.4 is 10.0 Å². The molecule has 0 aromatic heterocycles. The zero-order valence-corrected chi connectivity index (χ0v) is 15.6. The number of benzene rings is 3. The molecular formula is C21H20N2O3S. The van der Waals surface area contributed by atoms with Gasteiger partial charge in [-0.25, -0.2) is 8.42 Å². The predicted molar refractivity (Wildman–Crippen MR) is 106 cm³/mol. The second-order valence-electron chi connectivity index (χ2n) is 6.11. The van der Waals surface area contributed by atoms with E-state index in [0.717, 1.165) is 5.56 Å². The van der Waals surface area contributed by atoms with Gasteiger partial charge in [-0.05, 0) is 42.8 Å². The van der Waals surface area contributed by atoms with E-state index in [2.05, 4.69) is 10.0 Å². The van der Waals surface area contributed by atoms with Crippen molar-refractivity contribution < 1.29 is 13.2 Å². The van der Waals surface area contributed by atoms with Crippen LogP contribution in [0.2, 0.25) is 0 Å². The molecule has 0 saturated heterocycles. The molecule has 3 aromatic carbocycles. The average Bonchev–Trinajstić information content (AvgIpc) is 2.69. The first-order chi connectivity index (χ1) is 13.0. The van der Waals surface area contributed by atoms with Crippen LogP contribution in [0.3, 0.4) is 0 Å². The molecule has 2 N–H and O–H groups in total. The van der Waals surface area contributed by atoms with E-state index in [1.165, 1.54) is 18.2 Å². The Morgan fingerprint density at radius 2 is 1.48 bits per heavy atom. The van der Waals surface area contributed by atoms with Crippen LogP contribution in [-0.4, -0.2) is 14.3 Å². The second-order valence-corrected chi connectivity index (χ2v) is 7.79. The summed E-state index contributed by atoms with van der Waals surface area (Å²) in [6, 6.07) is 24.0. The minimum Gasteiger partial charge on any atom is -0.346 e. The number of rotatable bonds is 6. The molecule has 0 aliphatic heterocycles. The zero-order valence-electron chi connectivity index (χ0n) is 14.8. The number of nitrogens with one attached hydrogen (secondary N) is 2. The summed E-state index contributed by atoms with van der Waals surface area (Å²) in [5.41, 5.74) is 1.71. The molecule has 1 unspecified atom stereocenters. The molecule has 0 saturated carbocycles. The lowest BCUT2D eigenvalue weighted by atomic mass is 10.1. The molecule has 0 spiro atoms. The molecule has 0 aliphatic rings. The smallest absolute Gasteiger partial charge is 0.261 e. The predicted octanol–water partition coefficient (Wildman–Crippen LogP) is 3.98. The molecule has 0 heterocycles. The lowest BCUT2D eigenvalue weighted by Gasteiger charge is -2.15. The van der Waals surface area contributed by atoms with Gasteiger partial charge in [-0.2, -0.15) is 0 Å². The fourth-order valence-corrected chi connectivity index (χ4v) is 3.71. The van der Waals surface area contributed by atoms with Crippen molar-refractivity contribution in [2.75, 3.05) is 4.72 Å². The van der Waals surface area contributed by atoms with Gasteiger partial charge >= 0.3 is 0 Å². The maximum Gasteiger partial charge on any atom is 0.261 e. The highest BCUT2D eigenvalue weighted by molar-refractivity contribution is 7.92. The number of sulfonamides is 1. The van der Waals surface area contributed by atoms with Crippen molar-refractivity contribution in [3.63, 3.8) is 0 Å². The summed E-state index contributed by atoms with van der Waals surface area (Å²) in [6.45, 7) is 1.90. The standard InChI is InChI=1S/C21H20N2O3S/c1-16(17-9-4-2-5-10-17)22-21(24)18-11-8-12-19(15-18)23-27(25,26)20-13-6-3-7-14-20/h2-16,23H,1H3,(H,22,24). The molecule has 0 bridgehead atoms. The van der Waals surface area contributed by atoms with Crippen molar-refractivity contribution in [2.24, 2.45) is 0 Å². The Hall–Kier alpha value is -3.12. The molecule has 0 radical (unpaired) electrons. The molecule has 6 heteroatoms. The third-order valence-electron chi connectivity index (χ3n) is 4.08. The first-order valence-electron chi connectivity index (χ1n) is 8.49. The Labute approximate surface area is 159 Å². The largest absolute Gasteiger partial charge is 0.346 e. The van der Waals surface area contributed by atoms with Crippen molar-refractivity contribution in [3.8, 4) is 0 Å². The molecule has 0 aliphatic carbocycles. The summed E-state index contributed by atoms with van der Waals surface area (Å²) >= 11 is 0. The maximum absolute atomic E-state index is 12.5. The normalized spacial score (nSPS) is 12.2. The van der Waals surface area contributed by atoms with Gasteiger partial charge in [0.2, 0.25) is 0 Å². The molecule has 5 nitrogen and oxygen atoms in total. The Balaban J connectivity index is 1.74. The van der Waals surface area contributed by atoms with Crippen LogP contribution >= 0.6 is 0 Å². The molecule has 0 fully saturated rings. The number of amides is 1. The van der Waals surface area contributed by atoms with Crippen molar-refractivity contribution in [1.82, 2.24) is 5.32 Å². The van der Waals surface area contributed by atoms with Crippen LogP contribution in [0.5, 0.6) is 0 Å². The van der Waals surface area contributed by atoms with Crippen molar-refractivity contribution in [1.29, 1.82) is 0 Å². The highest BCUT2D eigenvalue weighted by Gasteiger charge is 2.15. The van der Waals surface area contributed by atoms with Gasteiger partial charge in [-0.1, -0.05) is 54.6 Å². The zero-order chi connectivity index (χ0) is 19.3. The number of hydrogen-bond acceptors (Lipinski definition) is 3. The number of anilines is 1. The summed E-state index contributed by atoms with van der Waals surface area (Å²) < 4.78 is 27.4. The lowest BCUT2D eigenvalue weighted by Crippen LogP contribution is -2.26. The number of hydrogen-bond donors (Lipinski definition) is 2. The van der Waals surface area contributed by atoms with Crippen LogP contribution in [0.25, 0.3) is 0 Å². The van der Waals surface area contributed by atoms with E-state index >= 15 is 0 Å². The van der Waals surface area contributed by atoms with E-state index < -0.39 is 10.0 Å². The first kappa shape index (κ1) is 18.7. The third-order valence-corrected chi connectivity index (χ3v) is 5.47. The topological polar surface area (TPSA) is 75.3 Å².